The number of hydrogen-bond acceptors (Lipinski definition) is 5. The monoisotopic (exact) mass is 280 g/mol. The lowest BCUT2D eigenvalue weighted by molar-refractivity contribution is 0.174. The zero-order chi connectivity index (χ0) is 14.2. The number of nitrogens with zero attached hydrogens (tertiary/aromatic N) is 1. The molecule has 4 rings (SSSR count). The molecule has 0 amide bonds. The lowest BCUT2D eigenvalue weighted by Gasteiger charge is -2.10. The van der Waals surface area contributed by atoms with Crippen molar-refractivity contribution in [3.05, 3.63) is 48.7 Å². The Morgan fingerprint density at radius 2 is 1.95 bits per heavy atom. The fraction of sp³-hybridized carbons (Fsp3) is 0.0625. The maximum Gasteiger partial charge on any atom is 0.231 e. The first-order valence-electron chi connectivity index (χ1n) is 6.52. The van der Waals surface area contributed by atoms with Gasteiger partial charge in [-0.15, -0.1) is 0 Å². The summed E-state index contributed by atoms with van der Waals surface area (Å²) in [6.45, 7) is 0.244. The number of aromatic nitrogens is 1. The van der Waals surface area contributed by atoms with Crippen LogP contribution in [0.1, 0.15) is 0 Å². The van der Waals surface area contributed by atoms with Crippen LogP contribution in [0.5, 0.6) is 23.0 Å². The average Bonchev–Trinajstić information content (AvgIpc) is 2.98. The summed E-state index contributed by atoms with van der Waals surface area (Å²) in [6, 6.07) is 12.9. The molecule has 0 fully saturated rings. The van der Waals surface area contributed by atoms with Gasteiger partial charge in [0.05, 0.1) is 11.2 Å². The molecule has 1 aliphatic rings. The Bertz CT molecular complexity index is 833. The van der Waals surface area contributed by atoms with Crippen LogP contribution in [0.2, 0.25) is 0 Å². The minimum absolute atomic E-state index is 0.244. The zero-order valence-electron chi connectivity index (χ0n) is 11.1. The molecule has 104 valence electrons. The summed E-state index contributed by atoms with van der Waals surface area (Å²) in [4.78, 5) is 4.29. The van der Waals surface area contributed by atoms with Crippen LogP contribution in [0.15, 0.2) is 48.7 Å². The Morgan fingerprint density at radius 1 is 1.05 bits per heavy atom. The molecule has 0 saturated heterocycles. The van der Waals surface area contributed by atoms with E-state index in [9.17, 15) is 0 Å². The largest absolute Gasteiger partial charge is 0.457 e. The van der Waals surface area contributed by atoms with Crippen molar-refractivity contribution in [2.75, 3.05) is 12.5 Å². The minimum atomic E-state index is 0.244. The highest BCUT2D eigenvalue weighted by Gasteiger charge is 2.14. The summed E-state index contributed by atoms with van der Waals surface area (Å²) < 4.78 is 16.6. The van der Waals surface area contributed by atoms with E-state index in [2.05, 4.69) is 4.98 Å². The number of nitrogen functional groups attached to an aromatic ring is 1. The number of anilines is 1. The molecule has 2 heterocycles. The Kier molecular flexibility index (Phi) is 2.57. The third-order valence-corrected chi connectivity index (χ3v) is 3.33. The van der Waals surface area contributed by atoms with Crippen molar-refractivity contribution in [2.45, 2.75) is 0 Å². The van der Waals surface area contributed by atoms with Crippen LogP contribution in [0.4, 0.5) is 5.69 Å². The van der Waals surface area contributed by atoms with Gasteiger partial charge in [0, 0.05) is 17.6 Å². The molecule has 2 N–H and O–H groups in total. The minimum Gasteiger partial charge on any atom is -0.457 e. The van der Waals surface area contributed by atoms with Gasteiger partial charge >= 0.3 is 0 Å². The number of rotatable bonds is 2. The number of benzene rings is 2. The molecular formula is C16H12N2O3. The zero-order valence-corrected chi connectivity index (χ0v) is 11.1. The molecule has 0 aliphatic carbocycles. The molecule has 0 spiro atoms. The number of ether oxygens (including phenoxy) is 3. The number of nitrogens with two attached hydrogens (primary N) is 1. The van der Waals surface area contributed by atoms with Gasteiger partial charge in [-0.2, -0.15) is 0 Å². The third-order valence-electron chi connectivity index (χ3n) is 3.33. The van der Waals surface area contributed by atoms with Crippen molar-refractivity contribution in [3.8, 4) is 23.0 Å². The van der Waals surface area contributed by atoms with E-state index in [1.807, 2.05) is 30.3 Å². The first-order chi connectivity index (χ1) is 10.3. The first kappa shape index (κ1) is 11.8. The van der Waals surface area contributed by atoms with Gasteiger partial charge in [0.2, 0.25) is 6.79 Å². The van der Waals surface area contributed by atoms with Crippen LogP contribution < -0.4 is 19.9 Å². The van der Waals surface area contributed by atoms with Gasteiger partial charge in [-0.05, 0) is 36.4 Å². The van der Waals surface area contributed by atoms with Crippen LogP contribution in [-0.2, 0) is 0 Å². The summed E-state index contributed by atoms with van der Waals surface area (Å²) >= 11 is 0. The predicted molar refractivity (Wildman–Crippen MR) is 78.8 cm³/mol. The Morgan fingerprint density at radius 3 is 2.90 bits per heavy atom. The molecule has 1 aromatic heterocycles. The summed E-state index contributed by atoms with van der Waals surface area (Å²) in [6.07, 6.45) is 1.71. The van der Waals surface area contributed by atoms with E-state index < -0.39 is 0 Å². The third kappa shape index (κ3) is 1.99. The predicted octanol–water partition coefficient (Wildman–Crippen LogP) is 3.34. The molecule has 21 heavy (non-hydrogen) atoms. The smallest absolute Gasteiger partial charge is 0.231 e. The summed E-state index contributed by atoms with van der Waals surface area (Å²) in [7, 11) is 0. The van der Waals surface area contributed by atoms with Crippen LogP contribution >= 0.6 is 0 Å². The van der Waals surface area contributed by atoms with Crippen molar-refractivity contribution in [3.63, 3.8) is 0 Å². The number of pyridine rings is 1. The van der Waals surface area contributed by atoms with Gasteiger partial charge in [-0.1, -0.05) is 0 Å². The van der Waals surface area contributed by atoms with Gasteiger partial charge < -0.3 is 19.9 Å². The van der Waals surface area contributed by atoms with Crippen LogP contribution in [-0.4, -0.2) is 11.8 Å². The molecule has 0 bridgehead atoms. The molecule has 2 aromatic carbocycles. The van der Waals surface area contributed by atoms with Crippen LogP contribution in [0.3, 0.4) is 0 Å². The lowest BCUT2D eigenvalue weighted by atomic mass is 10.1. The fourth-order valence-electron chi connectivity index (χ4n) is 2.32. The molecule has 0 unspecified atom stereocenters. The Balaban J connectivity index is 1.76. The average molecular weight is 280 g/mol. The SMILES string of the molecule is Nc1ccc(Oc2ccc3c(c2)OCO3)c2cccnc12. The standard InChI is InChI=1S/C16H12N2O3/c17-12-4-6-13(11-2-1-7-18-16(11)12)21-10-3-5-14-15(8-10)20-9-19-14/h1-8H,9,17H2. The molecule has 0 saturated carbocycles. The van der Waals surface area contributed by atoms with Gasteiger partial charge in [0.25, 0.3) is 0 Å². The number of hydrogen-bond donors (Lipinski definition) is 1. The lowest BCUT2D eigenvalue weighted by Crippen LogP contribution is -1.93. The topological polar surface area (TPSA) is 66.6 Å². The molecule has 0 radical (unpaired) electrons. The highest BCUT2D eigenvalue weighted by Crippen LogP contribution is 2.38. The summed E-state index contributed by atoms with van der Waals surface area (Å²) in [5.41, 5.74) is 7.30. The van der Waals surface area contributed by atoms with Gasteiger partial charge in [0.15, 0.2) is 11.5 Å². The van der Waals surface area contributed by atoms with Gasteiger partial charge in [0.1, 0.15) is 11.5 Å². The molecule has 5 nitrogen and oxygen atoms in total. The second kappa shape index (κ2) is 4.56. The molecule has 5 heteroatoms. The van der Waals surface area contributed by atoms with Crippen LogP contribution in [0.25, 0.3) is 10.9 Å². The van der Waals surface area contributed by atoms with E-state index in [-0.39, 0.29) is 6.79 Å². The highest BCUT2D eigenvalue weighted by molar-refractivity contribution is 5.93. The summed E-state index contributed by atoms with van der Waals surface area (Å²) in [5.74, 6) is 2.79. The number of fused-ring (bicyclic) bond motifs is 2. The highest BCUT2D eigenvalue weighted by atomic mass is 16.7. The second-order valence-corrected chi connectivity index (χ2v) is 4.67. The van der Waals surface area contributed by atoms with E-state index in [0.29, 0.717) is 22.9 Å². The van der Waals surface area contributed by atoms with Gasteiger partial charge in [-0.25, -0.2) is 0 Å². The van der Waals surface area contributed by atoms with E-state index >= 15 is 0 Å². The van der Waals surface area contributed by atoms with Crippen molar-refractivity contribution >= 4 is 16.6 Å². The fourth-order valence-corrected chi connectivity index (χ4v) is 2.32. The van der Waals surface area contributed by atoms with Crippen LogP contribution in [0, 0.1) is 0 Å². The van der Waals surface area contributed by atoms with E-state index in [4.69, 9.17) is 19.9 Å². The molecular weight excluding hydrogens is 268 g/mol. The quantitative estimate of drug-likeness (QED) is 0.729. The van der Waals surface area contributed by atoms with Crippen molar-refractivity contribution in [2.24, 2.45) is 0 Å². The van der Waals surface area contributed by atoms with Gasteiger partial charge in [-0.3, -0.25) is 4.98 Å². The van der Waals surface area contributed by atoms with E-state index in [0.717, 1.165) is 16.7 Å². The maximum atomic E-state index is 5.94. The van der Waals surface area contributed by atoms with E-state index in [1.54, 1.807) is 18.3 Å². The van der Waals surface area contributed by atoms with Crippen molar-refractivity contribution < 1.29 is 14.2 Å². The second-order valence-electron chi connectivity index (χ2n) is 4.67. The molecule has 3 aromatic rings. The molecule has 1 aliphatic heterocycles. The van der Waals surface area contributed by atoms with Crippen molar-refractivity contribution in [1.82, 2.24) is 4.98 Å². The molecule has 0 atom stereocenters. The van der Waals surface area contributed by atoms with Crippen molar-refractivity contribution in [1.29, 1.82) is 0 Å². The first-order valence-corrected chi connectivity index (χ1v) is 6.52. The normalized spacial score (nSPS) is 12.6. The summed E-state index contributed by atoms with van der Waals surface area (Å²) in [5, 5.41) is 0.871. The van der Waals surface area contributed by atoms with E-state index in [1.165, 1.54) is 0 Å². The maximum absolute atomic E-state index is 5.94. The Labute approximate surface area is 120 Å². The Hall–Kier alpha value is -2.95.